The molecule has 0 aliphatic carbocycles. The fourth-order valence-corrected chi connectivity index (χ4v) is 4.84. The zero-order chi connectivity index (χ0) is 25.4. The van der Waals surface area contributed by atoms with Crippen molar-refractivity contribution < 1.29 is 9.18 Å². The molecule has 0 saturated heterocycles. The fraction of sp³-hybridized carbons (Fsp3) is 0.548. The Bertz CT molecular complexity index is 1030. The second kappa shape index (κ2) is 16.1. The van der Waals surface area contributed by atoms with Crippen LogP contribution in [0.15, 0.2) is 48.5 Å². The Morgan fingerprint density at radius 1 is 0.778 bits per heavy atom. The lowest BCUT2D eigenvalue weighted by Crippen LogP contribution is -2.24. The van der Waals surface area contributed by atoms with Crippen molar-refractivity contribution in [2.24, 2.45) is 0 Å². The molecule has 1 amide bonds. The molecule has 0 aliphatic heterocycles. The first-order chi connectivity index (χ1) is 17.7. The predicted molar refractivity (Wildman–Crippen MR) is 148 cm³/mol. The third-order valence-corrected chi connectivity index (χ3v) is 6.98. The summed E-state index contributed by atoms with van der Waals surface area (Å²) in [5, 5.41) is 2.94. The SMILES string of the molecule is CCCCCCCCCCCCCCCCn1c(CNC(=O)c2ccc(F)cc2)nc2ccccc21. The first-order valence-corrected chi connectivity index (χ1v) is 14.2. The third kappa shape index (κ3) is 9.40. The molecule has 1 aromatic heterocycles. The minimum Gasteiger partial charge on any atom is -0.345 e. The molecule has 1 N–H and O–H groups in total. The molecule has 1 heterocycles. The third-order valence-electron chi connectivity index (χ3n) is 6.98. The summed E-state index contributed by atoms with van der Waals surface area (Å²) in [5.74, 6) is 0.299. The summed E-state index contributed by atoms with van der Waals surface area (Å²) in [7, 11) is 0. The topological polar surface area (TPSA) is 46.9 Å². The van der Waals surface area contributed by atoms with Gasteiger partial charge in [0.2, 0.25) is 0 Å². The van der Waals surface area contributed by atoms with Crippen LogP contribution in [0, 0.1) is 5.82 Å². The zero-order valence-electron chi connectivity index (χ0n) is 22.1. The van der Waals surface area contributed by atoms with E-state index in [0.29, 0.717) is 12.1 Å². The molecule has 3 aromatic rings. The molecule has 196 valence electrons. The normalized spacial score (nSPS) is 11.3. The van der Waals surface area contributed by atoms with Crippen LogP contribution in [0.4, 0.5) is 4.39 Å². The number of aryl methyl sites for hydroxylation is 1. The maximum absolute atomic E-state index is 13.1. The number of halogens is 1. The highest BCUT2D eigenvalue weighted by molar-refractivity contribution is 5.94. The average Bonchev–Trinajstić information content (AvgIpc) is 3.25. The number of nitrogens with zero attached hydrogens (tertiary/aromatic N) is 2. The number of fused-ring (bicyclic) bond motifs is 1. The summed E-state index contributed by atoms with van der Waals surface area (Å²) in [4.78, 5) is 17.2. The summed E-state index contributed by atoms with van der Waals surface area (Å²) >= 11 is 0. The maximum atomic E-state index is 13.1. The van der Waals surface area contributed by atoms with Crippen molar-refractivity contribution in [1.82, 2.24) is 14.9 Å². The summed E-state index contributed by atoms with van der Waals surface area (Å²) in [6.07, 6.45) is 18.8. The number of amides is 1. The van der Waals surface area contributed by atoms with Gasteiger partial charge in [-0.25, -0.2) is 9.37 Å². The van der Waals surface area contributed by atoms with E-state index in [0.717, 1.165) is 29.8 Å². The van der Waals surface area contributed by atoms with Crippen LogP contribution < -0.4 is 5.32 Å². The Morgan fingerprint density at radius 3 is 1.94 bits per heavy atom. The van der Waals surface area contributed by atoms with Crippen LogP contribution in [-0.2, 0) is 13.1 Å². The fourth-order valence-electron chi connectivity index (χ4n) is 4.84. The van der Waals surface area contributed by atoms with Gasteiger partial charge in [0, 0.05) is 12.1 Å². The first-order valence-electron chi connectivity index (χ1n) is 14.2. The first kappa shape index (κ1) is 27.9. The molecular weight excluding hydrogens is 449 g/mol. The number of hydrogen-bond donors (Lipinski definition) is 1. The van der Waals surface area contributed by atoms with Crippen molar-refractivity contribution in [2.45, 2.75) is 110 Å². The minimum atomic E-state index is -0.346. The van der Waals surface area contributed by atoms with Gasteiger partial charge in [-0.3, -0.25) is 4.79 Å². The standard InChI is InChI=1S/C31H44FN3O/c1-2-3-4-5-6-7-8-9-10-11-12-13-14-17-24-35-29-19-16-15-18-28(29)34-30(35)25-33-31(36)26-20-22-27(32)23-21-26/h15-16,18-23H,2-14,17,24-25H2,1H3,(H,33,36). The zero-order valence-corrected chi connectivity index (χ0v) is 22.1. The lowest BCUT2D eigenvalue weighted by Gasteiger charge is -2.10. The van der Waals surface area contributed by atoms with Crippen molar-refractivity contribution in [2.75, 3.05) is 0 Å². The van der Waals surface area contributed by atoms with E-state index in [-0.39, 0.29) is 11.7 Å². The van der Waals surface area contributed by atoms with E-state index in [2.05, 4.69) is 22.9 Å². The molecule has 0 fully saturated rings. The summed E-state index contributed by atoms with van der Waals surface area (Å²) in [6, 6.07) is 13.8. The number of para-hydroxylation sites is 2. The van der Waals surface area contributed by atoms with Crippen molar-refractivity contribution in [3.05, 3.63) is 65.7 Å². The Labute approximate surface area is 216 Å². The van der Waals surface area contributed by atoms with Crippen LogP contribution in [0.3, 0.4) is 0 Å². The van der Waals surface area contributed by atoms with Gasteiger partial charge in [0.15, 0.2) is 0 Å². The van der Waals surface area contributed by atoms with Gasteiger partial charge in [-0.05, 0) is 42.8 Å². The number of nitrogens with one attached hydrogen (secondary N) is 1. The lowest BCUT2D eigenvalue weighted by atomic mass is 10.0. The number of aromatic nitrogens is 2. The van der Waals surface area contributed by atoms with E-state index in [9.17, 15) is 9.18 Å². The largest absolute Gasteiger partial charge is 0.345 e. The second-order valence-electron chi connectivity index (χ2n) is 9.95. The van der Waals surface area contributed by atoms with Gasteiger partial charge in [0.1, 0.15) is 11.6 Å². The van der Waals surface area contributed by atoms with Gasteiger partial charge in [0.05, 0.1) is 17.6 Å². The molecule has 0 aliphatic rings. The monoisotopic (exact) mass is 493 g/mol. The summed E-state index contributed by atoms with van der Waals surface area (Å²) in [5.41, 5.74) is 2.51. The van der Waals surface area contributed by atoms with Crippen LogP contribution in [0.5, 0.6) is 0 Å². The van der Waals surface area contributed by atoms with E-state index in [1.54, 1.807) is 0 Å². The minimum absolute atomic E-state index is 0.218. The Kier molecular flexibility index (Phi) is 12.5. The Balaban J connectivity index is 1.35. The molecule has 0 unspecified atom stereocenters. The Hall–Kier alpha value is -2.69. The number of benzene rings is 2. The van der Waals surface area contributed by atoms with Crippen molar-refractivity contribution in [1.29, 1.82) is 0 Å². The van der Waals surface area contributed by atoms with Gasteiger partial charge in [-0.2, -0.15) is 0 Å². The van der Waals surface area contributed by atoms with Gasteiger partial charge in [-0.1, -0.05) is 103 Å². The molecule has 0 spiro atoms. The van der Waals surface area contributed by atoms with E-state index in [4.69, 9.17) is 4.98 Å². The van der Waals surface area contributed by atoms with Crippen LogP contribution in [0.2, 0.25) is 0 Å². The van der Waals surface area contributed by atoms with Gasteiger partial charge in [0.25, 0.3) is 5.91 Å². The lowest BCUT2D eigenvalue weighted by molar-refractivity contribution is 0.0949. The number of rotatable bonds is 18. The number of carbonyl (C=O) groups excluding carboxylic acids is 1. The number of hydrogen-bond acceptors (Lipinski definition) is 2. The number of carbonyl (C=O) groups is 1. The van der Waals surface area contributed by atoms with Gasteiger partial charge >= 0.3 is 0 Å². The van der Waals surface area contributed by atoms with Gasteiger partial charge < -0.3 is 9.88 Å². The van der Waals surface area contributed by atoms with Crippen LogP contribution >= 0.6 is 0 Å². The van der Waals surface area contributed by atoms with Crippen molar-refractivity contribution in [3.63, 3.8) is 0 Å². The van der Waals surface area contributed by atoms with Gasteiger partial charge in [-0.15, -0.1) is 0 Å². The predicted octanol–water partition coefficient (Wildman–Crippen LogP) is 8.59. The highest BCUT2D eigenvalue weighted by Gasteiger charge is 2.12. The van der Waals surface area contributed by atoms with E-state index < -0.39 is 0 Å². The van der Waals surface area contributed by atoms with Crippen LogP contribution in [-0.4, -0.2) is 15.5 Å². The Morgan fingerprint density at radius 2 is 1.33 bits per heavy atom. The second-order valence-corrected chi connectivity index (χ2v) is 9.95. The molecule has 0 radical (unpaired) electrons. The molecule has 0 bridgehead atoms. The average molecular weight is 494 g/mol. The number of imidazole rings is 1. The molecule has 0 saturated carbocycles. The van der Waals surface area contributed by atoms with E-state index in [1.165, 1.54) is 108 Å². The van der Waals surface area contributed by atoms with Crippen molar-refractivity contribution >= 4 is 16.9 Å². The molecule has 3 rings (SSSR count). The van der Waals surface area contributed by atoms with Crippen LogP contribution in [0.25, 0.3) is 11.0 Å². The molecular formula is C31H44FN3O. The van der Waals surface area contributed by atoms with Crippen LogP contribution in [0.1, 0.15) is 113 Å². The summed E-state index contributed by atoms with van der Waals surface area (Å²) < 4.78 is 15.4. The smallest absolute Gasteiger partial charge is 0.251 e. The quantitative estimate of drug-likeness (QED) is 0.180. The van der Waals surface area contributed by atoms with E-state index >= 15 is 0 Å². The summed E-state index contributed by atoms with van der Waals surface area (Å²) in [6.45, 7) is 3.53. The van der Waals surface area contributed by atoms with Crippen molar-refractivity contribution in [3.8, 4) is 0 Å². The maximum Gasteiger partial charge on any atom is 0.251 e. The highest BCUT2D eigenvalue weighted by atomic mass is 19.1. The highest BCUT2D eigenvalue weighted by Crippen LogP contribution is 2.18. The molecule has 0 atom stereocenters. The number of unbranched alkanes of at least 4 members (excludes halogenated alkanes) is 13. The van der Waals surface area contributed by atoms with E-state index in [1.807, 2.05) is 18.2 Å². The molecule has 36 heavy (non-hydrogen) atoms. The molecule has 2 aromatic carbocycles. The molecule has 5 heteroatoms. The molecule has 4 nitrogen and oxygen atoms in total.